The van der Waals surface area contributed by atoms with Crippen molar-refractivity contribution in [2.45, 2.75) is 65.3 Å². The normalized spacial score (nSPS) is 27.5. The standard InChI is InChI=1S/C16H32N2/c1-4-18-11-7-14(8-12-18)13-17-15-5-9-16(2,3)10-6-15/h14-15,17H,4-13H2,1-3H3. The van der Waals surface area contributed by atoms with E-state index in [1.54, 1.807) is 0 Å². The lowest BCUT2D eigenvalue weighted by Gasteiger charge is -2.36. The van der Waals surface area contributed by atoms with Crippen molar-refractivity contribution < 1.29 is 0 Å². The fourth-order valence-corrected chi connectivity index (χ4v) is 3.44. The van der Waals surface area contributed by atoms with Crippen LogP contribution in [0.3, 0.4) is 0 Å². The van der Waals surface area contributed by atoms with E-state index in [-0.39, 0.29) is 0 Å². The van der Waals surface area contributed by atoms with Gasteiger partial charge in [0, 0.05) is 6.04 Å². The summed E-state index contributed by atoms with van der Waals surface area (Å²) in [5, 5.41) is 3.84. The number of piperidine rings is 1. The highest BCUT2D eigenvalue weighted by Gasteiger charge is 2.27. The third-order valence-corrected chi connectivity index (χ3v) is 5.19. The molecule has 1 saturated carbocycles. The van der Waals surface area contributed by atoms with Crippen LogP contribution in [0.2, 0.25) is 0 Å². The number of nitrogens with zero attached hydrogens (tertiary/aromatic N) is 1. The van der Waals surface area contributed by atoms with Crippen molar-refractivity contribution in [3.63, 3.8) is 0 Å². The first-order chi connectivity index (χ1) is 8.59. The van der Waals surface area contributed by atoms with Crippen molar-refractivity contribution >= 4 is 0 Å². The van der Waals surface area contributed by atoms with E-state index in [0.29, 0.717) is 5.41 Å². The van der Waals surface area contributed by atoms with Gasteiger partial charge in [-0.25, -0.2) is 0 Å². The summed E-state index contributed by atoms with van der Waals surface area (Å²) < 4.78 is 0. The number of nitrogens with one attached hydrogen (secondary N) is 1. The average Bonchev–Trinajstić information content (AvgIpc) is 2.38. The summed E-state index contributed by atoms with van der Waals surface area (Å²) in [6.45, 7) is 12.3. The Kier molecular flexibility index (Phi) is 5.08. The van der Waals surface area contributed by atoms with Crippen molar-refractivity contribution in [1.82, 2.24) is 10.2 Å². The van der Waals surface area contributed by atoms with Crippen molar-refractivity contribution in [2.75, 3.05) is 26.2 Å². The van der Waals surface area contributed by atoms with E-state index >= 15 is 0 Å². The smallest absolute Gasteiger partial charge is 0.00675 e. The molecular formula is C16H32N2. The fraction of sp³-hybridized carbons (Fsp3) is 1.00. The summed E-state index contributed by atoms with van der Waals surface area (Å²) in [6.07, 6.45) is 8.39. The van der Waals surface area contributed by atoms with Gasteiger partial charge < -0.3 is 10.2 Å². The third kappa shape index (κ3) is 4.24. The molecule has 106 valence electrons. The lowest BCUT2D eigenvalue weighted by molar-refractivity contribution is 0.172. The zero-order valence-electron chi connectivity index (χ0n) is 12.7. The summed E-state index contributed by atoms with van der Waals surface area (Å²) in [7, 11) is 0. The number of likely N-dealkylation sites (tertiary alicyclic amines) is 1. The lowest BCUT2D eigenvalue weighted by Crippen LogP contribution is -2.41. The second-order valence-corrected chi connectivity index (χ2v) is 7.22. The molecule has 0 aromatic heterocycles. The molecular weight excluding hydrogens is 220 g/mol. The van der Waals surface area contributed by atoms with Crippen LogP contribution < -0.4 is 5.32 Å². The molecule has 1 heterocycles. The number of hydrogen-bond donors (Lipinski definition) is 1. The van der Waals surface area contributed by atoms with Crippen LogP contribution in [0, 0.1) is 11.3 Å². The predicted molar refractivity (Wildman–Crippen MR) is 78.9 cm³/mol. The zero-order valence-corrected chi connectivity index (χ0v) is 12.7. The Bertz CT molecular complexity index is 231. The highest BCUT2D eigenvalue weighted by Crippen LogP contribution is 2.35. The molecule has 0 unspecified atom stereocenters. The van der Waals surface area contributed by atoms with Crippen LogP contribution in [-0.4, -0.2) is 37.1 Å². The van der Waals surface area contributed by atoms with Crippen LogP contribution in [0.5, 0.6) is 0 Å². The van der Waals surface area contributed by atoms with Gasteiger partial charge in [0.2, 0.25) is 0 Å². The minimum Gasteiger partial charge on any atom is -0.314 e. The minimum atomic E-state index is 0.602. The van der Waals surface area contributed by atoms with Gasteiger partial charge in [0.25, 0.3) is 0 Å². The monoisotopic (exact) mass is 252 g/mol. The molecule has 0 aromatic carbocycles. The van der Waals surface area contributed by atoms with E-state index < -0.39 is 0 Å². The van der Waals surface area contributed by atoms with Crippen LogP contribution >= 0.6 is 0 Å². The average molecular weight is 252 g/mol. The Morgan fingerprint density at radius 1 is 1.06 bits per heavy atom. The van der Waals surface area contributed by atoms with Gasteiger partial charge in [-0.2, -0.15) is 0 Å². The van der Waals surface area contributed by atoms with Gasteiger partial charge in [0.1, 0.15) is 0 Å². The molecule has 0 radical (unpaired) electrons. The largest absolute Gasteiger partial charge is 0.314 e. The van der Waals surface area contributed by atoms with Crippen LogP contribution in [0.4, 0.5) is 0 Å². The van der Waals surface area contributed by atoms with Gasteiger partial charge >= 0.3 is 0 Å². The molecule has 0 amide bonds. The predicted octanol–water partition coefficient (Wildman–Crippen LogP) is 3.28. The quantitative estimate of drug-likeness (QED) is 0.826. The molecule has 1 N–H and O–H groups in total. The van der Waals surface area contributed by atoms with Crippen LogP contribution in [0.15, 0.2) is 0 Å². The van der Waals surface area contributed by atoms with Gasteiger partial charge in [0.05, 0.1) is 0 Å². The van der Waals surface area contributed by atoms with Gasteiger partial charge in [-0.05, 0) is 76.0 Å². The van der Waals surface area contributed by atoms with Crippen molar-refractivity contribution in [3.8, 4) is 0 Å². The Labute approximate surface area is 114 Å². The maximum absolute atomic E-state index is 3.84. The molecule has 2 rings (SSSR count). The van der Waals surface area contributed by atoms with Gasteiger partial charge in [-0.15, -0.1) is 0 Å². The van der Waals surface area contributed by atoms with Crippen LogP contribution in [-0.2, 0) is 0 Å². The van der Waals surface area contributed by atoms with Gasteiger partial charge in [0.15, 0.2) is 0 Å². The molecule has 2 aliphatic rings. The number of rotatable bonds is 4. The summed E-state index contributed by atoms with van der Waals surface area (Å²) in [6, 6.07) is 0.808. The summed E-state index contributed by atoms with van der Waals surface area (Å²) in [5.74, 6) is 0.933. The first-order valence-corrected chi connectivity index (χ1v) is 8.05. The second kappa shape index (κ2) is 6.38. The lowest BCUT2D eigenvalue weighted by atomic mass is 9.75. The SMILES string of the molecule is CCN1CCC(CNC2CCC(C)(C)CC2)CC1. The van der Waals surface area contributed by atoms with E-state index in [1.165, 1.54) is 64.7 Å². The first-order valence-electron chi connectivity index (χ1n) is 8.05. The summed E-state index contributed by atoms with van der Waals surface area (Å²) in [4.78, 5) is 2.58. The van der Waals surface area contributed by atoms with Gasteiger partial charge in [-0.3, -0.25) is 0 Å². The highest BCUT2D eigenvalue weighted by atomic mass is 15.1. The fourth-order valence-electron chi connectivity index (χ4n) is 3.44. The molecule has 2 heteroatoms. The molecule has 1 aliphatic heterocycles. The molecule has 1 aliphatic carbocycles. The highest BCUT2D eigenvalue weighted by molar-refractivity contribution is 4.83. The summed E-state index contributed by atoms with van der Waals surface area (Å²) >= 11 is 0. The Balaban J connectivity index is 1.61. The van der Waals surface area contributed by atoms with Gasteiger partial charge in [-0.1, -0.05) is 20.8 Å². The Morgan fingerprint density at radius 2 is 1.67 bits per heavy atom. The molecule has 1 saturated heterocycles. The van der Waals surface area contributed by atoms with Crippen molar-refractivity contribution in [2.24, 2.45) is 11.3 Å². The third-order valence-electron chi connectivity index (χ3n) is 5.19. The molecule has 2 nitrogen and oxygen atoms in total. The molecule has 0 spiro atoms. The molecule has 0 bridgehead atoms. The Morgan fingerprint density at radius 3 is 2.22 bits per heavy atom. The topological polar surface area (TPSA) is 15.3 Å². The van der Waals surface area contributed by atoms with E-state index in [1.807, 2.05) is 0 Å². The maximum Gasteiger partial charge on any atom is 0.00675 e. The maximum atomic E-state index is 3.84. The Hall–Kier alpha value is -0.0800. The zero-order chi connectivity index (χ0) is 13.0. The van der Waals surface area contributed by atoms with Crippen LogP contribution in [0.1, 0.15) is 59.3 Å². The van der Waals surface area contributed by atoms with E-state index in [9.17, 15) is 0 Å². The minimum absolute atomic E-state index is 0.602. The molecule has 0 aromatic rings. The van der Waals surface area contributed by atoms with E-state index in [4.69, 9.17) is 0 Å². The van der Waals surface area contributed by atoms with E-state index in [2.05, 4.69) is 31.0 Å². The van der Waals surface area contributed by atoms with E-state index in [0.717, 1.165) is 12.0 Å². The molecule has 0 atom stereocenters. The van der Waals surface area contributed by atoms with Crippen molar-refractivity contribution in [3.05, 3.63) is 0 Å². The molecule has 18 heavy (non-hydrogen) atoms. The second-order valence-electron chi connectivity index (χ2n) is 7.22. The summed E-state index contributed by atoms with van der Waals surface area (Å²) in [5.41, 5.74) is 0.602. The van der Waals surface area contributed by atoms with Crippen molar-refractivity contribution in [1.29, 1.82) is 0 Å². The first kappa shape index (κ1) is 14.3. The van der Waals surface area contributed by atoms with Crippen LogP contribution in [0.25, 0.3) is 0 Å². The molecule has 2 fully saturated rings. The number of hydrogen-bond acceptors (Lipinski definition) is 2.